The van der Waals surface area contributed by atoms with Crippen LogP contribution >= 0.6 is 0 Å². The molecule has 0 aliphatic rings. The molecule has 72 valence electrons. The summed E-state index contributed by atoms with van der Waals surface area (Å²) >= 11 is 0. The first-order chi connectivity index (χ1) is 5.95. The highest BCUT2D eigenvalue weighted by molar-refractivity contribution is 5.74. The Morgan fingerprint density at radius 3 is 2.38 bits per heavy atom. The number of hydrogen-bond donors (Lipinski definition) is 2. The number of carbonyl (C=O) groups is 1. The lowest BCUT2D eigenvalue weighted by Crippen LogP contribution is -2.15. The molecular formula is C8H12N2O3. The van der Waals surface area contributed by atoms with Crippen LogP contribution in [0.25, 0.3) is 0 Å². The van der Waals surface area contributed by atoms with Gasteiger partial charge < -0.3 is 10.2 Å². The molecular weight excluding hydrogens is 172 g/mol. The van der Waals surface area contributed by atoms with Gasteiger partial charge in [0.05, 0.1) is 11.4 Å². The molecule has 1 aromatic heterocycles. The van der Waals surface area contributed by atoms with Gasteiger partial charge in [0.2, 0.25) is 0 Å². The molecule has 5 heteroatoms. The van der Waals surface area contributed by atoms with E-state index in [1.807, 2.05) is 0 Å². The molecule has 0 radical (unpaired) electrons. The highest BCUT2D eigenvalue weighted by Gasteiger charge is 2.23. The zero-order valence-electron chi connectivity index (χ0n) is 7.77. The SMILES string of the molecule is Cc1nn(C)c(C(O)C(=O)O)c1C. The highest BCUT2D eigenvalue weighted by atomic mass is 16.4. The van der Waals surface area contributed by atoms with Crippen LogP contribution in [0.4, 0.5) is 0 Å². The minimum absolute atomic E-state index is 0.338. The van der Waals surface area contributed by atoms with Crippen LogP contribution < -0.4 is 0 Å². The van der Waals surface area contributed by atoms with Gasteiger partial charge >= 0.3 is 5.97 Å². The van der Waals surface area contributed by atoms with E-state index in [0.29, 0.717) is 5.69 Å². The van der Waals surface area contributed by atoms with Crippen LogP contribution in [-0.4, -0.2) is 26.0 Å². The molecule has 0 saturated heterocycles. The molecule has 1 rings (SSSR count). The fraction of sp³-hybridized carbons (Fsp3) is 0.500. The lowest BCUT2D eigenvalue weighted by atomic mass is 10.1. The van der Waals surface area contributed by atoms with Crippen molar-refractivity contribution in [3.63, 3.8) is 0 Å². The zero-order valence-corrected chi connectivity index (χ0v) is 7.77. The lowest BCUT2D eigenvalue weighted by Gasteiger charge is -2.06. The van der Waals surface area contributed by atoms with Gasteiger partial charge in [-0.15, -0.1) is 0 Å². The Labute approximate surface area is 75.6 Å². The summed E-state index contributed by atoms with van der Waals surface area (Å²) in [5, 5.41) is 21.9. The van der Waals surface area contributed by atoms with E-state index in [2.05, 4.69) is 5.10 Å². The molecule has 0 fully saturated rings. The summed E-state index contributed by atoms with van der Waals surface area (Å²) in [6.45, 7) is 3.51. The van der Waals surface area contributed by atoms with Crippen LogP contribution in [-0.2, 0) is 11.8 Å². The van der Waals surface area contributed by atoms with Crippen LogP contribution in [0, 0.1) is 13.8 Å². The van der Waals surface area contributed by atoms with Crippen LogP contribution in [0.3, 0.4) is 0 Å². The van der Waals surface area contributed by atoms with Gasteiger partial charge in [-0.1, -0.05) is 0 Å². The number of hydrogen-bond acceptors (Lipinski definition) is 3. The molecule has 0 aromatic carbocycles. The predicted octanol–water partition coefficient (Wildman–Crippen LogP) is 0.155. The first-order valence-electron chi connectivity index (χ1n) is 3.86. The minimum atomic E-state index is -1.49. The second-order valence-electron chi connectivity index (χ2n) is 2.96. The van der Waals surface area contributed by atoms with Gasteiger partial charge in [0.15, 0.2) is 6.10 Å². The fourth-order valence-electron chi connectivity index (χ4n) is 1.28. The van der Waals surface area contributed by atoms with Crippen LogP contribution in [0.15, 0.2) is 0 Å². The second-order valence-corrected chi connectivity index (χ2v) is 2.96. The van der Waals surface area contributed by atoms with Crippen LogP contribution in [0.1, 0.15) is 23.1 Å². The fourth-order valence-corrected chi connectivity index (χ4v) is 1.28. The quantitative estimate of drug-likeness (QED) is 0.686. The standard InChI is InChI=1S/C8H12N2O3/c1-4-5(2)9-10(3)6(4)7(11)8(12)13/h7,11H,1-3H3,(H,12,13). The Hall–Kier alpha value is -1.36. The summed E-state index contributed by atoms with van der Waals surface area (Å²) in [4.78, 5) is 10.5. The van der Waals surface area contributed by atoms with E-state index in [4.69, 9.17) is 5.11 Å². The molecule has 2 N–H and O–H groups in total. The van der Waals surface area contributed by atoms with Gasteiger partial charge in [-0.3, -0.25) is 4.68 Å². The van der Waals surface area contributed by atoms with Crippen molar-refractivity contribution >= 4 is 5.97 Å². The van der Waals surface area contributed by atoms with Gasteiger partial charge in [-0.05, 0) is 19.4 Å². The molecule has 1 unspecified atom stereocenters. The Balaban J connectivity index is 3.20. The van der Waals surface area contributed by atoms with Crippen molar-refractivity contribution in [1.29, 1.82) is 0 Å². The Morgan fingerprint density at radius 2 is 2.08 bits per heavy atom. The normalized spacial score (nSPS) is 12.9. The maximum absolute atomic E-state index is 10.5. The first kappa shape index (κ1) is 9.73. The third-order valence-electron chi connectivity index (χ3n) is 2.07. The number of aliphatic carboxylic acids is 1. The van der Waals surface area contributed by atoms with Gasteiger partial charge in [-0.25, -0.2) is 4.79 Å². The Morgan fingerprint density at radius 1 is 1.54 bits per heavy atom. The predicted molar refractivity (Wildman–Crippen MR) is 45.3 cm³/mol. The second kappa shape index (κ2) is 3.18. The largest absolute Gasteiger partial charge is 0.479 e. The number of nitrogens with zero attached hydrogens (tertiary/aromatic N) is 2. The summed E-state index contributed by atoms with van der Waals surface area (Å²) in [6.07, 6.45) is -1.49. The zero-order chi connectivity index (χ0) is 10.2. The summed E-state index contributed by atoms with van der Waals surface area (Å²) in [6, 6.07) is 0. The van der Waals surface area contributed by atoms with Gasteiger partial charge in [-0.2, -0.15) is 5.10 Å². The maximum Gasteiger partial charge on any atom is 0.338 e. The van der Waals surface area contributed by atoms with E-state index in [1.165, 1.54) is 4.68 Å². The molecule has 13 heavy (non-hydrogen) atoms. The lowest BCUT2D eigenvalue weighted by molar-refractivity contribution is -0.147. The van der Waals surface area contributed by atoms with Crippen LogP contribution in [0.5, 0.6) is 0 Å². The van der Waals surface area contributed by atoms with Gasteiger partial charge in [0, 0.05) is 7.05 Å². The molecule has 1 aromatic rings. The van der Waals surface area contributed by atoms with E-state index in [-0.39, 0.29) is 0 Å². The summed E-state index contributed by atoms with van der Waals surface area (Å²) in [5.41, 5.74) is 1.79. The van der Waals surface area contributed by atoms with E-state index < -0.39 is 12.1 Å². The van der Waals surface area contributed by atoms with Crippen molar-refractivity contribution in [3.05, 3.63) is 17.0 Å². The van der Waals surface area contributed by atoms with Crippen molar-refractivity contribution in [2.75, 3.05) is 0 Å². The molecule has 5 nitrogen and oxygen atoms in total. The average Bonchev–Trinajstić information content (AvgIpc) is 2.26. The summed E-state index contributed by atoms with van der Waals surface area (Å²) in [7, 11) is 1.61. The molecule has 0 saturated carbocycles. The molecule has 0 bridgehead atoms. The Bertz CT molecular complexity index is 343. The maximum atomic E-state index is 10.5. The van der Waals surface area contributed by atoms with Crippen molar-refractivity contribution in [2.45, 2.75) is 20.0 Å². The average molecular weight is 184 g/mol. The topological polar surface area (TPSA) is 75.3 Å². The van der Waals surface area contributed by atoms with Crippen molar-refractivity contribution in [1.82, 2.24) is 9.78 Å². The molecule has 0 amide bonds. The summed E-state index contributed by atoms with van der Waals surface area (Å²) in [5.74, 6) is -1.26. The number of aromatic nitrogens is 2. The van der Waals surface area contributed by atoms with Crippen molar-refractivity contribution in [2.24, 2.45) is 7.05 Å². The third kappa shape index (κ3) is 1.55. The number of carboxylic acid groups (broad SMARTS) is 1. The number of aryl methyl sites for hydroxylation is 2. The first-order valence-corrected chi connectivity index (χ1v) is 3.86. The number of aliphatic hydroxyl groups is 1. The molecule has 0 aliphatic carbocycles. The van der Waals surface area contributed by atoms with Gasteiger partial charge in [0.25, 0.3) is 0 Å². The number of carboxylic acids is 1. The minimum Gasteiger partial charge on any atom is -0.479 e. The number of aliphatic hydroxyl groups excluding tert-OH is 1. The summed E-state index contributed by atoms with van der Waals surface area (Å²) < 4.78 is 1.39. The van der Waals surface area contributed by atoms with Crippen LogP contribution in [0.2, 0.25) is 0 Å². The van der Waals surface area contributed by atoms with E-state index in [9.17, 15) is 9.90 Å². The molecule has 1 heterocycles. The van der Waals surface area contributed by atoms with E-state index in [0.717, 1.165) is 11.3 Å². The number of rotatable bonds is 2. The van der Waals surface area contributed by atoms with Crippen molar-refractivity contribution in [3.8, 4) is 0 Å². The molecule has 0 aliphatic heterocycles. The van der Waals surface area contributed by atoms with E-state index in [1.54, 1.807) is 20.9 Å². The molecule has 0 spiro atoms. The third-order valence-corrected chi connectivity index (χ3v) is 2.07. The Kier molecular flexibility index (Phi) is 2.38. The van der Waals surface area contributed by atoms with E-state index >= 15 is 0 Å². The highest BCUT2D eigenvalue weighted by Crippen LogP contribution is 2.19. The van der Waals surface area contributed by atoms with Gasteiger partial charge in [0.1, 0.15) is 0 Å². The molecule has 1 atom stereocenters. The van der Waals surface area contributed by atoms with Crippen molar-refractivity contribution < 1.29 is 15.0 Å². The monoisotopic (exact) mass is 184 g/mol. The smallest absolute Gasteiger partial charge is 0.338 e.